The van der Waals surface area contributed by atoms with Crippen molar-refractivity contribution in [3.63, 3.8) is 0 Å². The maximum Gasteiger partial charge on any atom is 0.190 e. The molecule has 0 bridgehead atoms. The van der Waals surface area contributed by atoms with Gasteiger partial charge in [0.05, 0.1) is 4.90 Å². The van der Waals surface area contributed by atoms with Crippen LogP contribution in [0.5, 0.6) is 0 Å². The highest BCUT2D eigenvalue weighted by Gasteiger charge is 2.30. The van der Waals surface area contributed by atoms with Crippen LogP contribution in [0.1, 0.15) is 17.2 Å². The average Bonchev–Trinajstić information content (AvgIpc) is 2.69. The van der Waals surface area contributed by atoms with Crippen molar-refractivity contribution in [2.75, 3.05) is 0 Å². The normalized spacial score (nSPS) is 23.0. The molecule has 0 saturated heterocycles. The lowest BCUT2D eigenvalue weighted by molar-refractivity contribution is 0.292. The third kappa shape index (κ3) is 1.49. The van der Waals surface area contributed by atoms with Gasteiger partial charge in [0.15, 0.2) is 11.1 Å². The molecule has 1 aliphatic rings. The second-order valence-corrected chi connectivity index (χ2v) is 4.76. The molecule has 3 heteroatoms. The first kappa shape index (κ1) is 9.75. The molecule has 0 spiro atoms. The summed E-state index contributed by atoms with van der Waals surface area (Å²) in [4.78, 5) is 0.788. The Balaban J connectivity index is 2.11. The van der Waals surface area contributed by atoms with Gasteiger partial charge in [0.25, 0.3) is 0 Å². The van der Waals surface area contributed by atoms with Crippen LogP contribution in [0, 0.1) is 0 Å². The maximum absolute atomic E-state index is 11.7. The van der Waals surface area contributed by atoms with E-state index in [-0.39, 0.29) is 6.10 Å². The third-order valence-electron chi connectivity index (χ3n) is 2.67. The van der Waals surface area contributed by atoms with Gasteiger partial charge in [0.1, 0.15) is 6.10 Å². The third-order valence-corrected chi connectivity index (χ3v) is 3.77. The quantitative estimate of drug-likeness (QED) is 0.753. The minimum atomic E-state index is -1.33. The molecule has 1 heterocycles. The van der Waals surface area contributed by atoms with Crippen molar-refractivity contribution in [3.05, 3.63) is 65.7 Å². The highest BCUT2D eigenvalue weighted by atomic mass is 32.2. The molecule has 2 aromatic rings. The molecular weight excluding hydrogens is 220 g/mol. The van der Waals surface area contributed by atoms with E-state index >= 15 is 0 Å². The molecule has 2 atom stereocenters. The van der Waals surface area contributed by atoms with Crippen molar-refractivity contribution in [2.45, 2.75) is 11.0 Å². The highest BCUT2D eigenvalue weighted by Crippen LogP contribution is 2.37. The van der Waals surface area contributed by atoms with E-state index in [9.17, 15) is 4.21 Å². The van der Waals surface area contributed by atoms with Crippen molar-refractivity contribution in [2.24, 2.45) is 0 Å². The van der Waals surface area contributed by atoms with Gasteiger partial charge in [-0.2, -0.15) is 0 Å². The van der Waals surface area contributed by atoms with Crippen LogP contribution in [0.3, 0.4) is 0 Å². The summed E-state index contributed by atoms with van der Waals surface area (Å²) in [7, 11) is 0. The van der Waals surface area contributed by atoms with Gasteiger partial charge in [-0.1, -0.05) is 48.5 Å². The van der Waals surface area contributed by atoms with E-state index in [0.717, 1.165) is 16.0 Å². The Morgan fingerprint density at radius 1 is 0.938 bits per heavy atom. The molecule has 0 saturated carbocycles. The molecule has 2 aromatic carbocycles. The smallest absolute Gasteiger partial charge is 0.190 e. The summed E-state index contributed by atoms with van der Waals surface area (Å²) in [6, 6.07) is 17.5. The molecule has 3 rings (SSSR count). The van der Waals surface area contributed by atoms with Crippen LogP contribution >= 0.6 is 0 Å². The molecule has 0 radical (unpaired) electrons. The predicted octanol–water partition coefficient (Wildman–Crippen LogP) is 2.83. The molecule has 2 nitrogen and oxygen atoms in total. The lowest BCUT2D eigenvalue weighted by Crippen LogP contribution is -1.98. The minimum Gasteiger partial charge on any atom is -0.274 e. The Hall–Kier alpha value is -1.45. The molecular formula is C13H10O2S. The number of hydrogen-bond donors (Lipinski definition) is 0. The van der Waals surface area contributed by atoms with Gasteiger partial charge in [-0.3, -0.25) is 4.18 Å². The fourth-order valence-electron chi connectivity index (χ4n) is 1.90. The zero-order valence-electron chi connectivity index (χ0n) is 8.50. The fourth-order valence-corrected chi connectivity index (χ4v) is 2.95. The van der Waals surface area contributed by atoms with E-state index in [4.69, 9.17) is 4.18 Å². The van der Waals surface area contributed by atoms with Gasteiger partial charge in [-0.05, 0) is 11.6 Å². The molecule has 0 fully saturated rings. The Kier molecular flexibility index (Phi) is 2.35. The average molecular weight is 230 g/mol. The van der Waals surface area contributed by atoms with E-state index in [1.807, 2.05) is 54.6 Å². The van der Waals surface area contributed by atoms with Crippen molar-refractivity contribution < 1.29 is 8.39 Å². The first-order chi connectivity index (χ1) is 7.86. The van der Waals surface area contributed by atoms with Crippen LogP contribution in [0.2, 0.25) is 0 Å². The monoisotopic (exact) mass is 230 g/mol. The number of benzene rings is 2. The van der Waals surface area contributed by atoms with E-state index in [1.54, 1.807) is 0 Å². The van der Waals surface area contributed by atoms with E-state index in [1.165, 1.54) is 0 Å². The molecule has 0 N–H and O–H groups in total. The summed E-state index contributed by atoms with van der Waals surface area (Å²) >= 11 is -1.33. The minimum absolute atomic E-state index is 0.196. The Labute approximate surface area is 96.5 Å². The van der Waals surface area contributed by atoms with E-state index in [2.05, 4.69) is 0 Å². The maximum atomic E-state index is 11.7. The molecule has 0 aromatic heterocycles. The van der Waals surface area contributed by atoms with Crippen LogP contribution in [0.4, 0.5) is 0 Å². The lowest BCUT2D eigenvalue weighted by atomic mass is 10.0. The highest BCUT2D eigenvalue weighted by molar-refractivity contribution is 7.80. The summed E-state index contributed by atoms with van der Waals surface area (Å²) in [6.07, 6.45) is -0.196. The first-order valence-corrected chi connectivity index (χ1v) is 6.16. The van der Waals surface area contributed by atoms with Crippen LogP contribution in [0.25, 0.3) is 0 Å². The molecule has 16 heavy (non-hydrogen) atoms. The molecule has 1 aliphatic heterocycles. The zero-order valence-corrected chi connectivity index (χ0v) is 9.31. The van der Waals surface area contributed by atoms with Gasteiger partial charge < -0.3 is 0 Å². The van der Waals surface area contributed by atoms with Gasteiger partial charge >= 0.3 is 0 Å². The van der Waals surface area contributed by atoms with Crippen molar-refractivity contribution in [1.29, 1.82) is 0 Å². The summed E-state index contributed by atoms with van der Waals surface area (Å²) in [5, 5.41) is 0. The Morgan fingerprint density at radius 3 is 2.44 bits per heavy atom. The summed E-state index contributed by atoms with van der Waals surface area (Å²) in [5.41, 5.74) is 2.05. The fraction of sp³-hybridized carbons (Fsp3) is 0.0769. The predicted molar refractivity (Wildman–Crippen MR) is 62.2 cm³/mol. The number of rotatable bonds is 1. The van der Waals surface area contributed by atoms with Crippen LogP contribution in [0.15, 0.2) is 59.5 Å². The van der Waals surface area contributed by atoms with Crippen LogP contribution in [-0.4, -0.2) is 4.21 Å². The Morgan fingerprint density at radius 2 is 1.62 bits per heavy atom. The van der Waals surface area contributed by atoms with Crippen LogP contribution < -0.4 is 0 Å². The summed E-state index contributed by atoms with van der Waals surface area (Å²) in [5.74, 6) is 0. The number of hydrogen-bond acceptors (Lipinski definition) is 2. The van der Waals surface area contributed by atoms with Crippen molar-refractivity contribution in [3.8, 4) is 0 Å². The van der Waals surface area contributed by atoms with Gasteiger partial charge in [0.2, 0.25) is 0 Å². The Bertz CT molecular complexity index is 537. The van der Waals surface area contributed by atoms with E-state index < -0.39 is 11.1 Å². The van der Waals surface area contributed by atoms with E-state index in [0.29, 0.717) is 0 Å². The zero-order chi connectivity index (χ0) is 11.0. The second kappa shape index (κ2) is 3.85. The van der Waals surface area contributed by atoms with Crippen molar-refractivity contribution in [1.82, 2.24) is 0 Å². The molecule has 0 amide bonds. The molecule has 2 unspecified atom stereocenters. The number of fused-ring (bicyclic) bond motifs is 1. The summed E-state index contributed by atoms with van der Waals surface area (Å²) < 4.78 is 17.2. The van der Waals surface area contributed by atoms with Gasteiger partial charge in [-0.25, -0.2) is 4.21 Å². The lowest BCUT2D eigenvalue weighted by Gasteiger charge is -2.08. The molecule has 80 valence electrons. The topological polar surface area (TPSA) is 26.3 Å². The summed E-state index contributed by atoms with van der Waals surface area (Å²) in [6.45, 7) is 0. The van der Waals surface area contributed by atoms with Gasteiger partial charge in [-0.15, -0.1) is 0 Å². The van der Waals surface area contributed by atoms with Crippen molar-refractivity contribution >= 4 is 11.1 Å². The molecule has 0 aliphatic carbocycles. The SMILES string of the molecule is O=S1OC(c2ccccc2)c2ccccc21. The standard InChI is InChI=1S/C13H10O2S/c14-16-12-9-5-4-8-11(12)13(15-16)10-6-2-1-3-7-10/h1-9,13H. The van der Waals surface area contributed by atoms with Crippen LogP contribution in [-0.2, 0) is 15.3 Å². The second-order valence-electron chi connectivity index (χ2n) is 3.66. The van der Waals surface area contributed by atoms with Gasteiger partial charge in [0, 0.05) is 5.56 Å². The first-order valence-electron chi connectivity index (χ1n) is 5.09. The largest absolute Gasteiger partial charge is 0.274 e.